The van der Waals surface area contributed by atoms with E-state index in [1.165, 1.54) is 0 Å². The van der Waals surface area contributed by atoms with E-state index in [1.54, 1.807) is 24.3 Å². The number of hydrogen-bond donors (Lipinski definition) is 0. The minimum absolute atomic E-state index is 0.290. The fraction of sp³-hybridized carbons (Fsp3) is 0.154. The minimum atomic E-state index is -0.461. The Morgan fingerprint density at radius 3 is 2.41 bits per heavy atom. The van der Waals surface area contributed by atoms with Crippen LogP contribution in [0, 0.1) is 0 Å². The maximum absolute atomic E-state index is 10.8. The summed E-state index contributed by atoms with van der Waals surface area (Å²) < 4.78 is 5.54. The van der Waals surface area contributed by atoms with Crippen molar-refractivity contribution in [2.75, 3.05) is 6.23 Å². The van der Waals surface area contributed by atoms with E-state index in [2.05, 4.69) is 13.2 Å². The van der Waals surface area contributed by atoms with Crippen LogP contribution in [0.5, 0.6) is 5.75 Å². The molecule has 17 heavy (non-hydrogen) atoms. The van der Waals surface area contributed by atoms with Crippen LogP contribution in [-0.2, 0) is 0 Å². The van der Waals surface area contributed by atoms with Gasteiger partial charge in [-0.15, -0.1) is 13.2 Å². The summed E-state index contributed by atoms with van der Waals surface area (Å²) in [5.74, 6) is 0.728. The summed E-state index contributed by atoms with van der Waals surface area (Å²) in [5, 5.41) is -0.461. The molecule has 0 amide bonds. The first-order chi connectivity index (χ1) is 8.17. The summed E-state index contributed by atoms with van der Waals surface area (Å²) in [5.41, 5.74) is 0.759. The highest BCUT2D eigenvalue weighted by Crippen LogP contribution is 2.14. The molecule has 0 fully saturated rings. The van der Waals surface area contributed by atoms with E-state index in [9.17, 15) is 4.79 Å². The molecule has 0 unspecified atom stereocenters. The first-order valence-corrected chi connectivity index (χ1v) is 6.75. The Bertz CT molecular complexity index is 392. The summed E-state index contributed by atoms with van der Waals surface area (Å²) in [4.78, 5) is 10.8. The van der Waals surface area contributed by atoms with Gasteiger partial charge in [0.25, 0.3) is 5.24 Å². The fourth-order valence-electron chi connectivity index (χ4n) is 1.17. The Labute approximate surface area is 109 Å². The zero-order chi connectivity index (χ0) is 12.7. The van der Waals surface area contributed by atoms with Crippen molar-refractivity contribution < 1.29 is 9.53 Å². The average Bonchev–Trinajstić information content (AvgIpc) is 2.35. The van der Waals surface area contributed by atoms with Crippen LogP contribution in [0.15, 0.2) is 49.6 Å². The zero-order valence-electron chi connectivity index (χ0n) is 9.36. The topological polar surface area (TPSA) is 26.3 Å². The van der Waals surface area contributed by atoms with Crippen LogP contribution < -0.4 is 4.74 Å². The fourth-order valence-corrected chi connectivity index (χ4v) is 2.07. The lowest BCUT2D eigenvalue weighted by atomic mass is 10.2. The summed E-state index contributed by atoms with van der Waals surface area (Å²) >= 11 is 5.34. The Morgan fingerprint density at radius 1 is 1.35 bits per heavy atom. The van der Waals surface area contributed by atoms with Crippen molar-refractivity contribution in [3.05, 3.63) is 55.1 Å². The predicted octanol–water partition coefficient (Wildman–Crippen LogP) is 3.27. The third-order valence-electron chi connectivity index (χ3n) is 2.15. The molecule has 1 aromatic rings. The van der Waals surface area contributed by atoms with Gasteiger partial charge in [0.05, 0.1) is 6.23 Å². The van der Waals surface area contributed by atoms with E-state index in [4.69, 9.17) is 16.3 Å². The van der Waals surface area contributed by atoms with E-state index in [1.807, 2.05) is 12.2 Å². The number of ether oxygens (including phenoxy) is 1. The third-order valence-corrected chi connectivity index (χ3v) is 3.62. The van der Waals surface area contributed by atoms with Crippen LogP contribution in [0.2, 0.25) is 5.54 Å². The second kappa shape index (κ2) is 7.09. The number of hydrogen-bond acceptors (Lipinski definition) is 2. The van der Waals surface area contributed by atoms with Gasteiger partial charge in [0.15, 0.2) is 0 Å². The smallest absolute Gasteiger partial charge is 0.252 e. The molecule has 88 valence electrons. The Balaban J connectivity index is 2.44. The summed E-state index contributed by atoms with van der Waals surface area (Å²) in [6.45, 7) is 7.43. The van der Waals surface area contributed by atoms with Crippen molar-refractivity contribution >= 4 is 26.4 Å². The van der Waals surface area contributed by atoms with Gasteiger partial charge in [0.2, 0.25) is 0 Å². The van der Waals surface area contributed by atoms with Crippen molar-refractivity contribution in [3.63, 3.8) is 0 Å². The molecule has 0 aliphatic carbocycles. The lowest BCUT2D eigenvalue weighted by Gasteiger charge is -2.08. The van der Waals surface area contributed by atoms with Crippen LogP contribution in [0.4, 0.5) is 0 Å². The lowest BCUT2D eigenvalue weighted by molar-refractivity contribution is 0.108. The molecular weight excluding hydrogens is 252 g/mol. The number of benzene rings is 1. The van der Waals surface area contributed by atoms with Crippen molar-refractivity contribution in [1.29, 1.82) is 0 Å². The second-order valence-electron chi connectivity index (χ2n) is 3.29. The Kier molecular flexibility index (Phi) is 5.73. The van der Waals surface area contributed by atoms with Gasteiger partial charge in [-0.1, -0.05) is 12.2 Å². The number of rotatable bonds is 7. The van der Waals surface area contributed by atoms with Gasteiger partial charge in [-0.05, 0) is 41.4 Å². The lowest BCUT2D eigenvalue weighted by Crippen LogP contribution is -2.10. The molecule has 0 aliphatic rings. The quantitative estimate of drug-likeness (QED) is 0.429. The molecule has 0 heterocycles. The van der Waals surface area contributed by atoms with Crippen molar-refractivity contribution in [3.8, 4) is 5.75 Å². The molecular formula is C13H13ClO2Si. The monoisotopic (exact) mass is 264 g/mol. The highest BCUT2D eigenvalue weighted by atomic mass is 35.5. The third kappa shape index (κ3) is 4.59. The standard InChI is InChI=1S/C13H13ClO2Si/c1-3-12(4-2)17-9-16-11-7-5-10(6-8-11)13(14)15/h3-8,12H,1-2,9H2. The van der Waals surface area contributed by atoms with E-state index in [0.717, 1.165) is 5.75 Å². The van der Waals surface area contributed by atoms with Crippen molar-refractivity contribution in [1.82, 2.24) is 0 Å². The van der Waals surface area contributed by atoms with Gasteiger partial charge in [-0.2, -0.15) is 0 Å². The first-order valence-electron chi connectivity index (χ1n) is 5.08. The molecule has 0 N–H and O–H groups in total. The molecule has 0 aliphatic heterocycles. The number of halogens is 1. The molecule has 1 aromatic carbocycles. The van der Waals surface area contributed by atoms with Crippen molar-refractivity contribution in [2.45, 2.75) is 5.54 Å². The molecule has 0 saturated heterocycles. The van der Waals surface area contributed by atoms with Crippen LogP contribution in [-0.4, -0.2) is 21.0 Å². The number of allylic oxidation sites excluding steroid dienone is 2. The van der Waals surface area contributed by atoms with Crippen LogP contribution in [0.3, 0.4) is 0 Å². The van der Waals surface area contributed by atoms with E-state index in [0.29, 0.717) is 26.9 Å². The Morgan fingerprint density at radius 2 is 1.94 bits per heavy atom. The zero-order valence-corrected chi connectivity index (χ0v) is 11.1. The summed E-state index contributed by atoms with van der Waals surface area (Å²) in [6.07, 6.45) is 4.31. The maximum Gasteiger partial charge on any atom is 0.252 e. The van der Waals surface area contributed by atoms with Gasteiger partial charge in [-0.25, -0.2) is 0 Å². The Hall–Kier alpha value is -1.32. The maximum atomic E-state index is 10.8. The van der Waals surface area contributed by atoms with E-state index >= 15 is 0 Å². The second-order valence-corrected chi connectivity index (χ2v) is 4.99. The highest BCUT2D eigenvalue weighted by Gasteiger charge is 2.03. The van der Waals surface area contributed by atoms with Crippen LogP contribution >= 0.6 is 11.6 Å². The van der Waals surface area contributed by atoms with Gasteiger partial charge in [0.1, 0.15) is 15.3 Å². The molecule has 0 spiro atoms. The normalized spacial score (nSPS) is 10.0. The molecule has 4 heteroatoms. The summed E-state index contributed by atoms with van der Waals surface area (Å²) in [7, 11) is 0.590. The minimum Gasteiger partial charge on any atom is -0.498 e. The predicted molar refractivity (Wildman–Crippen MR) is 72.0 cm³/mol. The molecule has 2 radical (unpaired) electrons. The SMILES string of the molecule is C=CC(C=C)[Si]COc1ccc(C(=O)Cl)cc1. The highest BCUT2D eigenvalue weighted by molar-refractivity contribution is 6.67. The van der Waals surface area contributed by atoms with Crippen molar-refractivity contribution in [2.24, 2.45) is 0 Å². The number of carbonyl (C=O) groups excluding carboxylic acids is 1. The molecule has 0 aromatic heterocycles. The van der Waals surface area contributed by atoms with E-state index < -0.39 is 5.24 Å². The molecule has 2 nitrogen and oxygen atoms in total. The van der Waals surface area contributed by atoms with Gasteiger partial charge < -0.3 is 4.74 Å². The number of carbonyl (C=O) groups is 1. The van der Waals surface area contributed by atoms with Crippen LogP contribution in [0.1, 0.15) is 10.4 Å². The molecule has 0 bridgehead atoms. The van der Waals surface area contributed by atoms with Crippen LogP contribution in [0.25, 0.3) is 0 Å². The first kappa shape index (κ1) is 13.7. The molecule has 0 saturated carbocycles. The van der Waals surface area contributed by atoms with E-state index in [-0.39, 0.29) is 0 Å². The van der Waals surface area contributed by atoms with Gasteiger partial charge in [-0.3, -0.25) is 4.79 Å². The summed E-state index contributed by atoms with van der Waals surface area (Å²) in [6, 6.07) is 6.76. The van der Waals surface area contributed by atoms with Gasteiger partial charge >= 0.3 is 0 Å². The molecule has 0 atom stereocenters. The largest absolute Gasteiger partial charge is 0.498 e. The molecule has 1 rings (SSSR count). The average molecular weight is 265 g/mol. The van der Waals surface area contributed by atoms with Gasteiger partial charge in [0, 0.05) is 5.56 Å².